The predicted octanol–water partition coefficient (Wildman–Crippen LogP) is 2.68. The van der Waals surface area contributed by atoms with Crippen LogP contribution in [0.25, 0.3) is 0 Å². The van der Waals surface area contributed by atoms with E-state index < -0.39 is 0 Å². The summed E-state index contributed by atoms with van der Waals surface area (Å²) in [6.07, 6.45) is 4.03. The van der Waals surface area contributed by atoms with Crippen LogP contribution in [0.3, 0.4) is 0 Å². The molecular formula is C19H31N3O. The first-order chi connectivity index (χ1) is 11.2. The summed E-state index contributed by atoms with van der Waals surface area (Å²) in [4.78, 5) is 14.3. The molecular weight excluding hydrogens is 286 g/mol. The van der Waals surface area contributed by atoms with Gasteiger partial charge in [0.25, 0.3) is 0 Å². The van der Waals surface area contributed by atoms with Gasteiger partial charge in [0.05, 0.1) is 0 Å². The minimum absolute atomic E-state index is 0.158. The minimum atomic E-state index is 0.158. The summed E-state index contributed by atoms with van der Waals surface area (Å²) in [6, 6.07) is 9.12. The highest BCUT2D eigenvalue weighted by atomic mass is 16.1. The van der Waals surface area contributed by atoms with E-state index in [0.717, 1.165) is 32.6 Å². The summed E-state index contributed by atoms with van der Waals surface area (Å²) in [5, 5.41) is 6.46. The summed E-state index contributed by atoms with van der Waals surface area (Å²) in [5.74, 6) is 0.158. The van der Waals surface area contributed by atoms with Crippen LogP contribution in [0.2, 0.25) is 0 Å². The molecule has 1 fully saturated rings. The Bertz CT molecular complexity index is 462. The lowest BCUT2D eigenvalue weighted by Crippen LogP contribution is -2.27. The van der Waals surface area contributed by atoms with Crippen molar-refractivity contribution in [2.45, 2.75) is 58.7 Å². The van der Waals surface area contributed by atoms with Gasteiger partial charge in [-0.15, -0.1) is 0 Å². The molecule has 23 heavy (non-hydrogen) atoms. The van der Waals surface area contributed by atoms with E-state index in [0.29, 0.717) is 19.0 Å². The molecule has 1 aromatic carbocycles. The van der Waals surface area contributed by atoms with E-state index >= 15 is 0 Å². The first-order valence-electron chi connectivity index (χ1n) is 9.01. The molecule has 1 aliphatic rings. The lowest BCUT2D eigenvalue weighted by Gasteiger charge is -2.18. The highest BCUT2D eigenvalue weighted by molar-refractivity contribution is 5.75. The standard InChI is InChI=1S/C19H31N3O/c1-3-22(4-2)15-17-9-7-16(8-10-17)14-21-19(23)12-11-18-6-5-13-20-18/h7-10,18,20H,3-6,11-15H2,1-2H3,(H,21,23). The normalized spacial score (nSPS) is 17.6. The molecule has 0 aromatic heterocycles. The number of carbonyl (C=O) groups is 1. The second-order valence-electron chi connectivity index (χ2n) is 6.39. The molecule has 0 radical (unpaired) electrons. The van der Waals surface area contributed by atoms with Gasteiger partial charge >= 0.3 is 0 Å². The number of benzene rings is 1. The Kier molecular flexibility index (Phi) is 7.56. The van der Waals surface area contributed by atoms with E-state index in [2.05, 4.69) is 53.6 Å². The molecule has 4 heteroatoms. The van der Waals surface area contributed by atoms with E-state index in [4.69, 9.17) is 0 Å². The number of carbonyl (C=O) groups excluding carboxylic acids is 1. The summed E-state index contributed by atoms with van der Waals surface area (Å²) < 4.78 is 0. The van der Waals surface area contributed by atoms with Crippen molar-refractivity contribution in [2.24, 2.45) is 0 Å². The molecule has 4 nitrogen and oxygen atoms in total. The molecule has 1 saturated heterocycles. The molecule has 0 aliphatic carbocycles. The maximum atomic E-state index is 11.9. The Morgan fingerprint density at radius 1 is 1.22 bits per heavy atom. The molecule has 0 bridgehead atoms. The van der Waals surface area contributed by atoms with Crippen molar-refractivity contribution < 1.29 is 4.79 Å². The van der Waals surface area contributed by atoms with Gasteiger partial charge in [0.2, 0.25) is 5.91 Å². The predicted molar refractivity (Wildman–Crippen MR) is 95.2 cm³/mol. The van der Waals surface area contributed by atoms with E-state index in [9.17, 15) is 4.79 Å². The topological polar surface area (TPSA) is 44.4 Å². The molecule has 2 rings (SSSR count). The smallest absolute Gasteiger partial charge is 0.220 e. The highest BCUT2D eigenvalue weighted by Gasteiger charge is 2.15. The number of hydrogen-bond acceptors (Lipinski definition) is 3. The fourth-order valence-corrected chi connectivity index (χ4v) is 3.07. The Morgan fingerprint density at radius 2 is 1.91 bits per heavy atom. The van der Waals surface area contributed by atoms with Crippen molar-refractivity contribution >= 4 is 5.91 Å². The molecule has 0 spiro atoms. The average Bonchev–Trinajstić information content (AvgIpc) is 3.10. The Balaban J connectivity index is 1.69. The van der Waals surface area contributed by atoms with Gasteiger partial charge in [0.15, 0.2) is 0 Å². The van der Waals surface area contributed by atoms with Crippen molar-refractivity contribution in [2.75, 3.05) is 19.6 Å². The van der Waals surface area contributed by atoms with Crippen LogP contribution in [0.4, 0.5) is 0 Å². The minimum Gasteiger partial charge on any atom is -0.352 e. The fourth-order valence-electron chi connectivity index (χ4n) is 3.07. The van der Waals surface area contributed by atoms with Crippen molar-refractivity contribution in [3.8, 4) is 0 Å². The van der Waals surface area contributed by atoms with Crippen LogP contribution in [-0.4, -0.2) is 36.5 Å². The van der Waals surface area contributed by atoms with Gasteiger partial charge in [0, 0.05) is 25.6 Å². The Labute approximate surface area is 140 Å². The zero-order valence-electron chi connectivity index (χ0n) is 14.6. The first-order valence-corrected chi connectivity index (χ1v) is 9.01. The van der Waals surface area contributed by atoms with E-state index in [1.165, 1.54) is 24.0 Å². The van der Waals surface area contributed by atoms with Gasteiger partial charge < -0.3 is 10.6 Å². The Morgan fingerprint density at radius 3 is 2.52 bits per heavy atom. The number of nitrogens with one attached hydrogen (secondary N) is 2. The van der Waals surface area contributed by atoms with Gasteiger partial charge in [-0.2, -0.15) is 0 Å². The van der Waals surface area contributed by atoms with Crippen LogP contribution in [0.15, 0.2) is 24.3 Å². The monoisotopic (exact) mass is 317 g/mol. The SMILES string of the molecule is CCN(CC)Cc1ccc(CNC(=O)CCC2CCCN2)cc1. The summed E-state index contributed by atoms with van der Waals surface area (Å²) in [5.41, 5.74) is 2.50. The van der Waals surface area contributed by atoms with Crippen molar-refractivity contribution in [1.82, 2.24) is 15.5 Å². The number of amides is 1. The van der Waals surface area contributed by atoms with Gasteiger partial charge in [-0.05, 0) is 50.0 Å². The number of rotatable bonds is 9. The first kappa shape index (κ1) is 18.0. The van der Waals surface area contributed by atoms with Gasteiger partial charge in [-0.1, -0.05) is 38.1 Å². The maximum absolute atomic E-state index is 11.9. The van der Waals surface area contributed by atoms with E-state index in [-0.39, 0.29) is 5.91 Å². The summed E-state index contributed by atoms with van der Waals surface area (Å²) in [6.45, 7) is 9.25. The van der Waals surface area contributed by atoms with Crippen LogP contribution in [-0.2, 0) is 17.9 Å². The van der Waals surface area contributed by atoms with Crippen molar-refractivity contribution in [3.05, 3.63) is 35.4 Å². The van der Waals surface area contributed by atoms with E-state index in [1.807, 2.05) is 0 Å². The lowest BCUT2D eigenvalue weighted by molar-refractivity contribution is -0.121. The molecule has 1 aromatic rings. The van der Waals surface area contributed by atoms with Crippen LogP contribution < -0.4 is 10.6 Å². The van der Waals surface area contributed by atoms with Gasteiger partial charge in [-0.3, -0.25) is 9.69 Å². The molecule has 1 unspecified atom stereocenters. The molecule has 1 atom stereocenters. The van der Waals surface area contributed by atoms with Crippen molar-refractivity contribution in [1.29, 1.82) is 0 Å². The number of hydrogen-bond donors (Lipinski definition) is 2. The van der Waals surface area contributed by atoms with Gasteiger partial charge in [0.1, 0.15) is 0 Å². The molecule has 1 heterocycles. The maximum Gasteiger partial charge on any atom is 0.220 e. The molecule has 1 aliphatic heterocycles. The zero-order chi connectivity index (χ0) is 16.5. The van der Waals surface area contributed by atoms with E-state index in [1.54, 1.807) is 0 Å². The molecule has 0 saturated carbocycles. The average molecular weight is 317 g/mol. The second-order valence-corrected chi connectivity index (χ2v) is 6.39. The Hall–Kier alpha value is -1.39. The lowest BCUT2D eigenvalue weighted by atomic mass is 10.1. The summed E-state index contributed by atoms with van der Waals surface area (Å²) in [7, 11) is 0. The fraction of sp³-hybridized carbons (Fsp3) is 0.632. The molecule has 2 N–H and O–H groups in total. The van der Waals surface area contributed by atoms with Crippen LogP contribution in [0.1, 0.15) is 50.7 Å². The van der Waals surface area contributed by atoms with Crippen LogP contribution in [0, 0.1) is 0 Å². The van der Waals surface area contributed by atoms with Crippen LogP contribution in [0.5, 0.6) is 0 Å². The third kappa shape index (κ3) is 6.32. The van der Waals surface area contributed by atoms with Gasteiger partial charge in [-0.25, -0.2) is 0 Å². The quantitative estimate of drug-likeness (QED) is 0.736. The molecule has 128 valence electrons. The third-order valence-corrected chi connectivity index (χ3v) is 4.70. The van der Waals surface area contributed by atoms with Crippen molar-refractivity contribution in [3.63, 3.8) is 0 Å². The second kappa shape index (κ2) is 9.68. The van der Waals surface area contributed by atoms with Crippen LogP contribution >= 0.6 is 0 Å². The summed E-state index contributed by atoms with van der Waals surface area (Å²) >= 11 is 0. The number of nitrogens with zero attached hydrogens (tertiary/aromatic N) is 1. The largest absolute Gasteiger partial charge is 0.352 e. The zero-order valence-corrected chi connectivity index (χ0v) is 14.6. The highest BCUT2D eigenvalue weighted by Crippen LogP contribution is 2.11. The molecule has 1 amide bonds. The third-order valence-electron chi connectivity index (χ3n) is 4.70.